The van der Waals surface area contributed by atoms with Gasteiger partial charge in [0.25, 0.3) is 5.56 Å². The van der Waals surface area contributed by atoms with E-state index in [4.69, 9.17) is 0 Å². The van der Waals surface area contributed by atoms with E-state index in [0.29, 0.717) is 10.9 Å². The number of halogens is 1. The summed E-state index contributed by atoms with van der Waals surface area (Å²) in [7, 11) is 0. The Morgan fingerprint density at radius 2 is 2.00 bits per heavy atom. The van der Waals surface area contributed by atoms with Crippen LogP contribution in [-0.4, -0.2) is 15.5 Å². The molecule has 0 radical (unpaired) electrons. The van der Waals surface area contributed by atoms with Gasteiger partial charge in [-0.05, 0) is 42.1 Å². The number of fused-ring (bicyclic) bond motifs is 1. The quantitative estimate of drug-likeness (QED) is 0.471. The largest absolute Gasteiger partial charge is 0.343 e. The molecule has 1 amide bonds. The van der Waals surface area contributed by atoms with Crippen LogP contribution in [0.2, 0.25) is 0 Å². The number of carbonyl (C=O) groups excluding carboxylic acids is 1. The van der Waals surface area contributed by atoms with Gasteiger partial charge in [-0.1, -0.05) is 51.8 Å². The molecule has 0 fully saturated rings. The van der Waals surface area contributed by atoms with E-state index in [0.717, 1.165) is 20.5 Å². The van der Waals surface area contributed by atoms with Crippen LogP contribution in [0, 0.1) is 6.92 Å². The molecule has 0 aliphatic carbocycles. The molecule has 5 nitrogen and oxygen atoms in total. The van der Waals surface area contributed by atoms with Crippen LogP contribution in [0.3, 0.4) is 0 Å². The molecule has 0 bridgehead atoms. The van der Waals surface area contributed by atoms with Crippen molar-refractivity contribution >= 4 is 44.1 Å². The number of thiophene rings is 1. The van der Waals surface area contributed by atoms with Crippen molar-refractivity contribution in [2.75, 3.05) is 0 Å². The van der Waals surface area contributed by atoms with E-state index in [1.165, 1.54) is 10.9 Å². The highest BCUT2D eigenvalue weighted by molar-refractivity contribution is 9.10. The Morgan fingerprint density at radius 1 is 1.21 bits per heavy atom. The summed E-state index contributed by atoms with van der Waals surface area (Å²) in [6.45, 7) is 1.93. The van der Waals surface area contributed by atoms with Crippen LogP contribution in [-0.2, 0) is 11.3 Å². The van der Waals surface area contributed by atoms with Gasteiger partial charge < -0.3 is 5.32 Å². The standard InChI is InChI=1S/C22H18BrN3O2S/c1-14-4-6-15(7-5-14)21(19-3-2-10-29-19)25-20(27)12-26-13-24-18-9-8-16(23)11-17(18)22(26)28/h2-11,13,21H,12H2,1H3,(H,25,27). The summed E-state index contributed by atoms with van der Waals surface area (Å²) >= 11 is 4.96. The molecular formula is C22H18BrN3O2S. The average Bonchev–Trinajstić information content (AvgIpc) is 3.24. The minimum absolute atomic E-state index is 0.0952. The van der Waals surface area contributed by atoms with Gasteiger partial charge in [-0.2, -0.15) is 0 Å². The number of aryl methyl sites for hydroxylation is 1. The van der Waals surface area contributed by atoms with Gasteiger partial charge >= 0.3 is 0 Å². The second kappa shape index (κ2) is 8.31. The number of nitrogens with one attached hydrogen (secondary N) is 1. The van der Waals surface area contributed by atoms with E-state index in [1.54, 1.807) is 23.5 Å². The Hall–Kier alpha value is -2.77. The van der Waals surface area contributed by atoms with Crippen molar-refractivity contribution in [3.05, 3.63) is 97.1 Å². The third kappa shape index (κ3) is 4.31. The van der Waals surface area contributed by atoms with Crippen LogP contribution < -0.4 is 10.9 Å². The lowest BCUT2D eigenvalue weighted by atomic mass is 10.0. The highest BCUT2D eigenvalue weighted by Crippen LogP contribution is 2.26. The molecule has 0 saturated carbocycles. The molecule has 4 rings (SSSR count). The second-order valence-corrected chi connectivity index (χ2v) is 8.66. The Labute approximate surface area is 180 Å². The SMILES string of the molecule is Cc1ccc(C(NC(=O)Cn2cnc3ccc(Br)cc3c2=O)c2cccs2)cc1. The molecule has 146 valence electrons. The van der Waals surface area contributed by atoms with Crippen molar-refractivity contribution in [1.29, 1.82) is 0 Å². The zero-order valence-corrected chi connectivity index (χ0v) is 18.0. The molecule has 2 aromatic heterocycles. The van der Waals surface area contributed by atoms with Gasteiger partial charge in [-0.15, -0.1) is 11.3 Å². The molecule has 0 aliphatic rings. The Balaban J connectivity index is 1.60. The highest BCUT2D eigenvalue weighted by atomic mass is 79.9. The van der Waals surface area contributed by atoms with Crippen molar-refractivity contribution in [3.8, 4) is 0 Å². The van der Waals surface area contributed by atoms with Crippen molar-refractivity contribution in [3.63, 3.8) is 0 Å². The van der Waals surface area contributed by atoms with Crippen LogP contribution in [0.4, 0.5) is 0 Å². The average molecular weight is 468 g/mol. The van der Waals surface area contributed by atoms with Gasteiger partial charge in [0.05, 0.1) is 23.3 Å². The van der Waals surface area contributed by atoms with E-state index in [9.17, 15) is 9.59 Å². The number of aromatic nitrogens is 2. The number of hydrogen-bond acceptors (Lipinski definition) is 4. The van der Waals surface area contributed by atoms with E-state index >= 15 is 0 Å². The minimum atomic E-state index is -0.263. The fraction of sp³-hybridized carbons (Fsp3) is 0.136. The molecule has 4 aromatic rings. The molecule has 1 unspecified atom stereocenters. The number of amides is 1. The van der Waals surface area contributed by atoms with Gasteiger partial charge in [0, 0.05) is 9.35 Å². The first-order valence-corrected chi connectivity index (χ1v) is 10.7. The van der Waals surface area contributed by atoms with Gasteiger partial charge in [-0.25, -0.2) is 4.98 Å². The van der Waals surface area contributed by atoms with Crippen molar-refractivity contribution in [2.24, 2.45) is 0 Å². The Morgan fingerprint density at radius 3 is 2.72 bits per heavy atom. The van der Waals surface area contributed by atoms with Gasteiger partial charge in [0.2, 0.25) is 5.91 Å². The Bertz CT molecular complexity index is 1220. The monoisotopic (exact) mass is 467 g/mol. The van der Waals surface area contributed by atoms with Crippen LogP contribution in [0.5, 0.6) is 0 Å². The third-order valence-electron chi connectivity index (χ3n) is 4.64. The van der Waals surface area contributed by atoms with E-state index < -0.39 is 0 Å². The number of hydrogen-bond donors (Lipinski definition) is 1. The normalized spacial score (nSPS) is 12.1. The van der Waals surface area contributed by atoms with Crippen molar-refractivity contribution in [2.45, 2.75) is 19.5 Å². The molecule has 0 aliphatic heterocycles. The van der Waals surface area contributed by atoms with E-state index in [1.807, 2.05) is 54.8 Å². The van der Waals surface area contributed by atoms with Crippen LogP contribution in [0.25, 0.3) is 10.9 Å². The first-order chi connectivity index (χ1) is 14.0. The summed E-state index contributed by atoms with van der Waals surface area (Å²) in [5.74, 6) is -0.248. The topological polar surface area (TPSA) is 64.0 Å². The summed E-state index contributed by atoms with van der Waals surface area (Å²) in [5, 5.41) is 5.52. The number of benzene rings is 2. The van der Waals surface area contributed by atoms with E-state index in [2.05, 4.69) is 26.2 Å². The third-order valence-corrected chi connectivity index (χ3v) is 6.07. The van der Waals surface area contributed by atoms with Gasteiger partial charge in [0.1, 0.15) is 6.54 Å². The molecule has 1 N–H and O–H groups in total. The van der Waals surface area contributed by atoms with Gasteiger partial charge in [-0.3, -0.25) is 14.2 Å². The van der Waals surface area contributed by atoms with Crippen LogP contribution >= 0.6 is 27.3 Å². The first kappa shape index (κ1) is 19.5. The molecular weight excluding hydrogens is 450 g/mol. The molecule has 29 heavy (non-hydrogen) atoms. The number of nitrogens with zero attached hydrogens (tertiary/aromatic N) is 2. The van der Waals surface area contributed by atoms with E-state index in [-0.39, 0.29) is 24.1 Å². The zero-order chi connectivity index (χ0) is 20.4. The molecule has 2 aromatic carbocycles. The highest BCUT2D eigenvalue weighted by Gasteiger charge is 2.18. The molecule has 2 heterocycles. The maximum Gasteiger partial charge on any atom is 0.261 e. The summed E-state index contributed by atoms with van der Waals surface area (Å²) in [5.41, 5.74) is 2.52. The minimum Gasteiger partial charge on any atom is -0.343 e. The van der Waals surface area contributed by atoms with Crippen molar-refractivity contribution < 1.29 is 4.79 Å². The fourth-order valence-electron chi connectivity index (χ4n) is 3.14. The number of rotatable bonds is 5. The lowest BCUT2D eigenvalue weighted by molar-refractivity contribution is -0.122. The molecule has 1 atom stereocenters. The predicted octanol–water partition coefficient (Wildman–Crippen LogP) is 4.43. The van der Waals surface area contributed by atoms with Gasteiger partial charge in [0.15, 0.2) is 0 Å². The smallest absolute Gasteiger partial charge is 0.261 e. The summed E-state index contributed by atoms with van der Waals surface area (Å²) in [4.78, 5) is 30.9. The van der Waals surface area contributed by atoms with Crippen LogP contribution in [0.1, 0.15) is 22.0 Å². The molecule has 7 heteroatoms. The predicted molar refractivity (Wildman–Crippen MR) is 119 cm³/mol. The maximum absolute atomic E-state index is 12.8. The lowest BCUT2D eigenvalue weighted by Crippen LogP contribution is -2.35. The summed E-state index contributed by atoms with van der Waals surface area (Å²) < 4.78 is 2.13. The lowest BCUT2D eigenvalue weighted by Gasteiger charge is -2.19. The number of carbonyl (C=O) groups is 1. The zero-order valence-electron chi connectivity index (χ0n) is 15.6. The fourth-order valence-corrected chi connectivity index (χ4v) is 4.30. The molecule has 0 saturated heterocycles. The maximum atomic E-state index is 12.8. The van der Waals surface area contributed by atoms with Crippen molar-refractivity contribution in [1.82, 2.24) is 14.9 Å². The molecule has 0 spiro atoms. The Kier molecular flexibility index (Phi) is 5.60. The first-order valence-electron chi connectivity index (χ1n) is 9.05. The van der Waals surface area contributed by atoms with Crippen LogP contribution in [0.15, 0.2) is 75.6 Å². The summed E-state index contributed by atoms with van der Waals surface area (Å²) in [6.07, 6.45) is 1.42. The second-order valence-electron chi connectivity index (χ2n) is 6.77. The summed E-state index contributed by atoms with van der Waals surface area (Å²) in [6, 6.07) is 17.1.